The monoisotopic (exact) mass is 196 g/mol. The van der Waals surface area contributed by atoms with Gasteiger partial charge in [0, 0.05) is 19.1 Å². The highest BCUT2D eigenvalue weighted by Crippen LogP contribution is 2.19. The third-order valence-corrected chi connectivity index (χ3v) is 2.95. The average Bonchev–Trinajstić information content (AvgIpc) is 2.19. The van der Waals surface area contributed by atoms with Crippen molar-refractivity contribution in [1.29, 1.82) is 0 Å². The molecular formula is C12H24N2. The zero-order valence-corrected chi connectivity index (χ0v) is 9.79. The topological polar surface area (TPSA) is 15.3 Å². The molecule has 1 rings (SSSR count). The van der Waals surface area contributed by atoms with Crippen LogP contribution in [0.1, 0.15) is 26.7 Å². The van der Waals surface area contributed by atoms with Gasteiger partial charge in [-0.1, -0.05) is 12.2 Å². The van der Waals surface area contributed by atoms with Gasteiger partial charge in [0.2, 0.25) is 0 Å². The highest BCUT2D eigenvalue weighted by atomic mass is 15.1. The molecule has 1 fully saturated rings. The van der Waals surface area contributed by atoms with Crippen molar-refractivity contribution < 1.29 is 0 Å². The number of likely N-dealkylation sites (tertiary alicyclic amines) is 1. The molecule has 1 N–H and O–H groups in total. The molecule has 1 aliphatic heterocycles. The maximum atomic E-state index is 3.14. The van der Waals surface area contributed by atoms with Gasteiger partial charge in [-0.05, 0) is 46.2 Å². The van der Waals surface area contributed by atoms with Crippen molar-refractivity contribution >= 4 is 0 Å². The van der Waals surface area contributed by atoms with Gasteiger partial charge < -0.3 is 10.2 Å². The summed E-state index contributed by atoms with van der Waals surface area (Å²) in [4.78, 5) is 2.58. The van der Waals surface area contributed by atoms with E-state index < -0.39 is 0 Å². The van der Waals surface area contributed by atoms with Crippen LogP contribution in [0.25, 0.3) is 0 Å². The number of hydrogen-bond acceptors (Lipinski definition) is 2. The Labute approximate surface area is 88.4 Å². The van der Waals surface area contributed by atoms with Crippen molar-refractivity contribution in [3.05, 3.63) is 12.2 Å². The Morgan fingerprint density at radius 1 is 1.50 bits per heavy atom. The van der Waals surface area contributed by atoms with Gasteiger partial charge in [-0.2, -0.15) is 0 Å². The Kier molecular flexibility index (Phi) is 5.20. The summed E-state index contributed by atoms with van der Waals surface area (Å²) in [5.41, 5.74) is 0. The molecule has 1 unspecified atom stereocenters. The van der Waals surface area contributed by atoms with E-state index in [1.807, 2.05) is 7.05 Å². The van der Waals surface area contributed by atoms with Crippen LogP contribution in [0.3, 0.4) is 0 Å². The summed E-state index contributed by atoms with van der Waals surface area (Å²) in [6.45, 7) is 8.11. The van der Waals surface area contributed by atoms with Gasteiger partial charge in [0.15, 0.2) is 0 Å². The van der Waals surface area contributed by atoms with E-state index in [1.54, 1.807) is 0 Å². The molecule has 1 saturated heterocycles. The van der Waals surface area contributed by atoms with Gasteiger partial charge in [0.25, 0.3) is 0 Å². The van der Waals surface area contributed by atoms with Crippen molar-refractivity contribution in [2.45, 2.75) is 32.7 Å². The van der Waals surface area contributed by atoms with Crippen molar-refractivity contribution in [2.24, 2.45) is 5.92 Å². The minimum absolute atomic E-state index is 0.704. The largest absolute Gasteiger partial charge is 0.316 e. The number of nitrogens with zero attached hydrogens (tertiary/aromatic N) is 1. The molecule has 1 atom stereocenters. The lowest BCUT2D eigenvalue weighted by Gasteiger charge is -2.34. The first-order valence-corrected chi connectivity index (χ1v) is 5.79. The molecule has 0 radical (unpaired) electrons. The smallest absolute Gasteiger partial charge is 0.0131 e. The van der Waals surface area contributed by atoms with E-state index in [-0.39, 0.29) is 0 Å². The van der Waals surface area contributed by atoms with Crippen LogP contribution in [0.5, 0.6) is 0 Å². The van der Waals surface area contributed by atoms with Gasteiger partial charge in [-0.15, -0.1) is 0 Å². The molecule has 0 aromatic carbocycles. The van der Waals surface area contributed by atoms with Gasteiger partial charge in [0.05, 0.1) is 0 Å². The van der Waals surface area contributed by atoms with Crippen LogP contribution in [-0.2, 0) is 0 Å². The van der Waals surface area contributed by atoms with E-state index in [4.69, 9.17) is 0 Å². The molecule has 0 amide bonds. The van der Waals surface area contributed by atoms with E-state index in [1.165, 1.54) is 25.9 Å². The van der Waals surface area contributed by atoms with Gasteiger partial charge >= 0.3 is 0 Å². The van der Waals surface area contributed by atoms with Crippen molar-refractivity contribution in [3.63, 3.8) is 0 Å². The van der Waals surface area contributed by atoms with Crippen LogP contribution >= 0.6 is 0 Å². The lowest BCUT2D eigenvalue weighted by Crippen LogP contribution is -2.39. The molecule has 0 aromatic rings. The van der Waals surface area contributed by atoms with Crippen LogP contribution in [0, 0.1) is 5.92 Å². The molecular weight excluding hydrogens is 172 g/mol. The molecule has 2 nitrogen and oxygen atoms in total. The van der Waals surface area contributed by atoms with E-state index in [9.17, 15) is 0 Å². The van der Waals surface area contributed by atoms with Crippen molar-refractivity contribution in [2.75, 3.05) is 26.7 Å². The summed E-state index contributed by atoms with van der Waals surface area (Å²) < 4.78 is 0. The second kappa shape index (κ2) is 6.20. The van der Waals surface area contributed by atoms with Crippen molar-refractivity contribution in [3.8, 4) is 0 Å². The summed E-state index contributed by atoms with van der Waals surface area (Å²) in [5, 5.41) is 3.14. The quantitative estimate of drug-likeness (QED) is 0.691. The molecule has 0 aliphatic carbocycles. The number of piperidine rings is 1. The van der Waals surface area contributed by atoms with Crippen LogP contribution in [0.4, 0.5) is 0 Å². The van der Waals surface area contributed by atoms with Crippen LogP contribution in [0.2, 0.25) is 0 Å². The first-order chi connectivity index (χ1) is 6.74. The lowest BCUT2D eigenvalue weighted by atomic mass is 9.96. The average molecular weight is 196 g/mol. The summed E-state index contributed by atoms with van der Waals surface area (Å²) in [5.74, 6) is 0.777. The molecule has 2 heteroatoms. The van der Waals surface area contributed by atoms with E-state index in [0.29, 0.717) is 6.04 Å². The molecule has 1 heterocycles. The SMILES string of the molecule is CNC/C=C\C1CCCN(C(C)C)C1. The first-order valence-electron chi connectivity index (χ1n) is 5.79. The fraction of sp³-hybridized carbons (Fsp3) is 0.833. The Hall–Kier alpha value is -0.340. The fourth-order valence-corrected chi connectivity index (χ4v) is 2.04. The summed E-state index contributed by atoms with van der Waals surface area (Å²) in [6.07, 6.45) is 7.36. The Balaban J connectivity index is 2.32. The van der Waals surface area contributed by atoms with Gasteiger partial charge in [-0.25, -0.2) is 0 Å². The van der Waals surface area contributed by atoms with Crippen molar-refractivity contribution in [1.82, 2.24) is 10.2 Å². The minimum Gasteiger partial charge on any atom is -0.316 e. The molecule has 0 aromatic heterocycles. The second-order valence-electron chi connectivity index (χ2n) is 4.48. The second-order valence-corrected chi connectivity index (χ2v) is 4.48. The lowest BCUT2D eigenvalue weighted by molar-refractivity contribution is 0.158. The normalized spacial score (nSPS) is 25.0. The molecule has 0 saturated carbocycles. The number of nitrogens with one attached hydrogen (secondary N) is 1. The predicted molar refractivity (Wildman–Crippen MR) is 62.5 cm³/mol. The molecule has 0 bridgehead atoms. The van der Waals surface area contributed by atoms with E-state index in [2.05, 4.69) is 36.2 Å². The van der Waals surface area contributed by atoms with Crippen LogP contribution in [-0.4, -0.2) is 37.6 Å². The first kappa shape index (κ1) is 11.7. The minimum atomic E-state index is 0.704. The molecule has 82 valence electrons. The fourth-order valence-electron chi connectivity index (χ4n) is 2.04. The zero-order valence-electron chi connectivity index (χ0n) is 9.79. The van der Waals surface area contributed by atoms with Crippen LogP contribution in [0.15, 0.2) is 12.2 Å². The molecule has 1 aliphatic rings. The summed E-state index contributed by atoms with van der Waals surface area (Å²) in [7, 11) is 1.99. The molecule has 0 spiro atoms. The summed E-state index contributed by atoms with van der Waals surface area (Å²) >= 11 is 0. The maximum absolute atomic E-state index is 3.14. The Morgan fingerprint density at radius 2 is 2.29 bits per heavy atom. The number of likely N-dealkylation sites (N-methyl/N-ethyl adjacent to an activating group) is 1. The zero-order chi connectivity index (χ0) is 10.4. The highest BCUT2D eigenvalue weighted by Gasteiger charge is 2.19. The number of rotatable bonds is 4. The van der Waals surface area contributed by atoms with Crippen LogP contribution < -0.4 is 5.32 Å². The third-order valence-electron chi connectivity index (χ3n) is 2.95. The van der Waals surface area contributed by atoms with E-state index >= 15 is 0 Å². The maximum Gasteiger partial charge on any atom is 0.0131 e. The third kappa shape index (κ3) is 3.81. The molecule has 14 heavy (non-hydrogen) atoms. The van der Waals surface area contributed by atoms with E-state index in [0.717, 1.165) is 12.5 Å². The van der Waals surface area contributed by atoms with Gasteiger partial charge in [0.1, 0.15) is 0 Å². The van der Waals surface area contributed by atoms with Gasteiger partial charge in [-0.3, -0.25) is 0 Å². The highest BCUT2D eigenvalue weighted by molar-refractivity contribution is 4.93. The number of hydrogen-bond donors (Lipinski definition) is 1. The summed E-state index contributed by atoms with van der Waals surface area (Å²) in [6, 6.07) is 0.704. The Bertz CT molecular complexity index is 175. The Morgan fingerprint density at radius 3 is 2.93 bits per heavy atom. The standard InChI is InChI=1S/C12H24N2/c1-11(2)14-9-5-7-12(10-14)6-4-8-13-3/h4,6,11-13H,5,7-10H2,1-3H3/b6-4-. The predicted octanol–water partition coefficient (Wildman–Crippen LogP) is 1.88.